The van der Waals surface area contributed by atoms with Crippen molar-refractivity contribution in [3.05, 3.63) is 40.8 Å². The Labute approximate surface area is 162 Å². The number of sulfone groups is 1. The van der Waals surface area contributed by atoms with E-state index in [4.69, 9.17) is 9.84 Å². The van der Waals surface area contributed by atoms with E-state index in [9.17, 15) is 18.0 Å². The maximum absolute atomic E-state index is 12.3. The van der Waals surface area contributed by atoms with Gasteiger partial charge in [-0.3, -0.25) is 10.1 Å². The Morgan fingerprint density at radius 2 is 2.04 bits per heavy atom. The molecule has 0 unspecified atom stereocenters. The van der Waals surface area contributed by atoms with Crippen molar-refractivity contribution >= 4 is 21.6 Å². The Hall–Kier alpha value is -2.81. The molecule has 0 bridgehead atoms. The highest BCUT2D eigenvalue weighted by molar-refractivity contribution is 7.91. The van der Waals surface area contributed by atoms with Gasteiger partial charge in [-0.15, -0.1) is 0 Å². The van der Waals surface area contributed by atoms with Crippen molar-refractivity contribution in [1.82, 2.24) is 4.57 Å². The molecule has 0 radical (unpaired) electrons. The lowest BCUT2D eigenvalue weighted by Crippen LogP contribution is -2.23. The van der Waals surface area contributed by atoms with Crippen molar-refractivity contribution in [2.75, 3.05) is 17.7 Å². The van der Waals surface area contributed by atoms with Gasteiger partial charge >= 0.3 is 6.09 Å². The van der Waals surface area contributed by atoms with Crippen LogP contribution in [0.2, 0.25) is 0 Å². The van der Waals surface area contributed by atoms with Gasteiger partial charge in [0.25, 0.3) is 5.56 Å². The van der Waals surface area contributed by atoms with Crippen LogP contribution in [-0.2, 0) is 16.9 Å². The molecule has 0 spiro atoms. The zero-order valence-electron chi connectivity index (χ0n) is 15.6. The number of carboxylic acid groups (broad SMARTS) is 1. The number of hydrogen-bond acceptors (Lipinski definition) is 5. The van der Waals surface area contributed by atoms with Crippen LogP contribution in [0, 0.1) is 5.92 Å². The third-order valence-electron chi connectivity index (χ3n) is 4.60. The normalized spacial score (nSPS) is 13.9. The Kier molecular flexibility index (Phi) is 5.46. The molecule has 28 heavy (non-hydrogen) atoms. The number of carbonyl (C=O) groups is 1. The van der Waals surface area contributed by atoms with Crippen molar-refractivity contribution in [3.8, 4) is 16.9 Å². The molecule has 1 aliphatic carbocycles. The van der Waals surface area contributed by atoms with Crippen LogP contribution < -0.4 is 15.6 Å². The van der Waals surface area contributed by atoms with Gasteiger partial charge in [0.2, 0.25) is 0 Å². The molecule has 8 nitrogen and oxygen atoms in total. The molecule has 0 aliphatic heterocycles. The highest BCUT2D eigenvalue weighted by Gasteiger charge is 2.23. The molecule has 1 aromatic heterocycles. The van der Waals surface area contributed by atoms with E-state index in [-0.39, 0.29) is 16.3 Å². The maximum Gasteiger partial charge on any atom is 0.409 e. The van der Waals surface area contributed by atoms with Crippen molar-refractivity contribution in [2.45, 2.75) is 24.7 Å². The monoisotopic (exact) mass is 406 g/mol. The van der Waals surface area contributed by atoms with Gasteiger partial charge in [-0.2, -0.15) is 0 Å². The van der Waals surface area contributed by atoms with Crippen LogP contribution in [0.25, 0.3) is 11.1 Å². The van der Waals surface area contributed by atoms with Crippen LogP contribution in [0.3, 0.4) is 0 Å². The zero-order chi connectivity index (χ0) is 20.5. The molecule has 0 saturated heterocycles. The van der Waals surface area contributed by atoms with Gasteiger partial charge in [0.1, 0.15) is 11.4 Å². The van der Waals surface area contributed by atoms with Gasteiger partial charge in [-0.25, -0.2) is 13.2 Å². The highest BCUT2D eigenvalue weighted by atomic mass is 32.2. The second-order valence-corrected chi connectivity index (χ2v) is 9.08. The Morgan fingerprint density at radius 3 is 2.64 bits per heavy atom. The number of aromatic nitrogens is 1. The third-order valence-corrected chi connectivity index (χ3v) is 6.33. The Morgan fingerprint density at radius 1 is 1.32 bits per heavy atom. The molecule has 2 N–H and O–H groups in total. The Bertz CT molecular complexity index is 1070. The first-order valence-corrected chi connectivity index (χ1v) is 10.6. The van der Waals surface area contributed by atoms with Gasteiger partial charge in [0.15, 0.2) is 9.84 Å². The van der Waals surface area contributed by atoms with Crippen LogP contribution in [0.15, 0.2) is 40.2 Å². The number of ether oxygens (including phenoxy) is 1. The predicted molar refractivity (Wildman–Crippen MR) is 105 cm³/mol. The number of aryl methyl sites for hydroxylation is 1. The molecule has 0 atom stereocenters. The lowest BCUT2D eigenvalue weighted by Gasteiger charge is -2.15. The summed E-state index contributed by atoms with van der Waals surface area (Å²) in [5.41, 5.74) is 0.331. The average molecular weight is 406 g/mol. The number of benzene rings is 1. The third kappa shape index (κ3) is 4.36. The van der Waals surface area contributed by atoms with Gasteiger partial charge in [0.05, 0.1) is 17.3 Å². The van der Waals surface area contributed by atoms with Crippen LogP contribution >= 0.6 is 0 Å². The topological polar surface area (TPSA) is 115 Å². The summed E-state index contributed by atoms with van der Waals surface area (Å²) in [4.78, 5) is 23.3. The molecule has 1 amide bonds. The number of amides is 1. The molecule has 3 rings (SSSR count). The van der Waals surface area contributed by atoms with E-state index < -0.39 is 21.5 Å². The summed E-state index contributed by atoms with van der Waals surface area (Å²) in [6, 6.07) is 6.00. The lowest BCUT2D eigenvalue weighted by atomic mass is 10.1. The number of pyridine rings is 1. The van der Waals surface area contributed by atoms with Crippen LogP contribution in [0.4, 0.5) is 10.5 Å². The van der Waals surface area contributed by atoms with Gasteiger partial charge in [0, 0.05) is 24.4 Å². The van der Waals surface area contributed by atoms with Crippen molar-refractivity contribution in [2.24, 2.45) is 13.0 Å². The summed E-state index contributed by atoms with van der Waals surface area (Å²) in [7, 11) is -1.95. The fraction of sp³-hybridized carbons (Fsp3) is 0.368. The first kappa shape index (κ1) is 19.9. The lowest BCUT2D eigenvalue weighted by molar-refractivity contribution is 0.209. The molecule has 1 aromatic carbocycles. The number of nitrogens with zero attached hydrogens (tertiary/aromatic N) is 1. The summed E-state index contributed by atoms with van der Waals surface area (Å²) in [5, 5.41) is 11.1. The smallest absolute Gasteiger partial charge is 0.409 e. The van der Waals surface area contributed by atoms with E-state index in [1.807, 2.05) is 0 Å². The summed E-state index contributed by atoms with van der Waals surface area (Å²) in [6.45, 7) is 2.09. The number of anilines is 1. The largest absolute Gasteiger partial charge is 0.493 e. The maximum atomic E-state index is 12.3. The van der Waals surface area contributed by atoms with E-state index in [0.717, 1.165) is 12.8 Å². The fourth-order valence-electron chi connectivity index (χ4n) is 2.78. The van der Waals surface area contributed by atoms with Crippen molar-refractivity contribution in [1.29, 1.82) is 0 Å². The van der Waals surface area contributed by atoms with Crippen molar-refractivity contribution in [3.63, 3.8) is 0 Å². The first-order valence-electron chi connectivity index (χ1n) is 8.92. The molecule has 2 aromatic rings. The van der Waals surface area contributed by atoms with Crippen molar-refractivity contribution < 1.29 is 23.1 Å². The van der Waals surface area contributed by atoms with Gasteiger partial charge in [-0.05, 0) is 43.0 Å². The highest BCUT2D eigenvalue weighted by Crippen LogP contribution is 2.36. The van der Waals surface area contributed by atoms with E-state index in [1.54, 1.807) is 13.0 Å². The summed E-state index contributed by atoms with van der Waals surface area (Å²) in [6.07, 6.45) is 2.37. The SMILES string of the molecule is CCS(=O)(=O)c1ccc(OCC2CC2)c(-c2cc(NC(=O)O)c(=O)n(C)c2)c1. The summed E-state index contributed by atoms with van der Waals surface area (Å²) < 4.78 is 31.8. The first-order chi connectivity index (χ1) is 13.2. The second-order valence-electron chi connectivity index (χ2n) is 6.80. The number of nitrogens with one attached hydrogen (secondary N) is 1. The molecule has 1 aliphatic rings. The average Bonchev–Trinajstić information content (AvgIpc) is 3.47. The van der Waals surface area contributed by atoms with E-state index in [1.165, 1.54) is 36.0 Å². The Balaban J connectivity index is 2.13. The van der Waals surface area contributed by atoms with Crippen LogP contribution in [0.1, 0.15) is 19.8 Å². The predicted octanol–water partition coefficient (Wildman–Crippen LogP) is 2.72. The second kappa shape index (κ2) is 7.67. The molecule has 1 heterocycles. The molecule has 1 fully saturated rings. The molecule has 1 saturated carbocycles. The summed E-state index contributed by atoms with van der Waals surface area (Å²) >= 11 is 0. The number of rotatable bonds is 7. The van der Waals surface area contributed by atoms with E-state index in [0.29, 0.717) is 29.4 Å². The fourth-order valence-corrected chi connectivity index (χ4v) is 3.68. The van der Waals surface area contributed by atoms with Gasteiger partial charge < -0.3 is 14.4 Å². The minimum absolute atomic E-state index is 0.0478. The summed E-state index contributed by atoms with van der Waals surface area (Å²) in [5.74, 6) is 0.937. The van der Waals surface area contributed by atoms with E-state index in [2.05, 4.69) is 5.32 Å². The van der Waals surface area contributed by atoms with Crippen LogP contribution in [0.5, 0.6) is 5.75 Å². The standard InChI is InChI=1S/C19H22N2O6S/c1-3-28(25,26)14-6-7-17(27-11-12-4-5-12)15(9-14)13-8-16(20-19(23)24)18(22)21(2)10-13/h6-10,12,20H,3-5,11H2,1-2H3,(H,23,24). The molecular formula is C19H22N2O6S. The molecule has 9 heteroatoms. The van der Waals surface area contributed by atoms with E-state index >= 15 is 0 Å². The number of hydrogen-bond donors (Lipinski definition) is 2. The van der Waals surface area contributed by atoms with Gasteiger partial charge in [-0.1, -0.05) is 6.92 Å². The van der Waals surface area contributed by atoms with Crippen LogP contribution in [-0.4, -0.2) is 36.5 Å². The molecular weight excluding hydrogens is 384 g/mol. The molecule has 150 valence electrons. The minimum Gasteiger partial charge on any atom is -0.493 e. The minimum atomic E-state index is -3.45. The quantitative estimate of drug-likeness (QED) is 0.731. The zero-order valence-corrected chi connectivity index (χ0v) is 16.5.